The summed E-state index contributed by atoms with van der Waals surface area (Å²) in [5.41, 5.74) is 3.41. The quantitative estimate of drug-likeness (QED) is 0.932. The summed E-state index contributed by atoms with van der Waals surface area (Å²) in [6.07, 6.45) is 4.19. The highest BCUT2D eigenvalue weighted by Gasteiger charge is 2.33. The van der Waals surface area contributed by atoms with Crippen LogP contribution < -0.4 is 5.32 Å². The van der Waals surface area contributed by atoms with Crippen LogP contribution in [0.25, 0.3) is 5.69 Å². The number of hydrogen-bond acceptors (Lipinski definition) is 3. The van der Waals surface area contributed by atoms with E-state index < -0.39 is 6.04 Å². The maximum Gasteiger partial charge on any atom is 0.258 e. The number of likely N-dealkylation sites (tertiary alicyclic amines) is 1. The van der Waals surface area contributed by atoms with Crippen LogP contribution in [0.4, 0.5) is 0 Å². The monoisotopic (exact) mass is 340 g/mol. The molecule has 2 aromatic rings. The van der Waals surface area contributed by atoms with Crippen molar-refractivity contribution in [1.29, 1.82) is 0 Å². The first-order valence-corrected chi connectivity index (χ1v) is 8.67. The number of hydrogen-bond donors (Lipinski definition) is 1. The molecule has 0 bridgehead atoms. The van der Waals surface area contributed by atoms with Gasteiger partial charge in [0.05, 0.1) is 23.1 Å². The number of nitrogens with one attached hydrogen (secondary N) is 1. The molecular weight excluding hydrogens is 316 g/mol. The van der Waals surface area contributed by atoms with Gasteiger partial charge in [-0.25, -0.2) is 4.68 Å². The Labute approximate surface area is 147 Å². The van der Waals surface area contributed by atoms with Gasteiger partial charge in [0.1, 0.15) is 6.04 Å². The fourth-order valence-electron chi connectivity index (χ4n) is 3.41. The minimum absolute atomic E-state index is 0.100. The second-order valence-electron chi connectivity index (χ2n) is 6.52. The van der Waals surface area contributed by atoms with Crippen molar-refractivity contribution in [3.05, 3.63) is 47.3 Å². The van der Waals surface area contributed by atoms with Gasteiger partial charge in [-0.2, -0.15) is 5.10 Å². The van der Waals surface area contributed by atoms with Crippen molar-refractivity contribution in [2.75, 3.05) is 13.6 Å². The normalized spacial score (nSPS) is 17.4. The first-order chi connectivity index (χ1) is 12.0. The molecule has 0 spiro atoms. The third kappa shape index (κ3) is 3.29. The number of aryl methyl sites for hydroxylation is 1. The lowest BCUT2D eigenvalue weighted by Gasteiger charge is -2.34. The third-order valence-electron chi connectivity index (χ3n) is 4.80. The van der Waals surface area contributed by atoms with Crippen LogP contribution in [0, 0.1) is 13.8 Å². The summed E-state index contributed by atoms with van der Waals surface area (Å²) in [4.78, 5) is 26.9. The predicted octanol–water partition coefficient (Wildman–Crippen LogP) is 2.23. The molecule has 0 aliphatic carbocycles. The largest absolute Gasteiger partial charge is 0.357 e. The van der Waals surface area contributed by atoms with Gasteiger partial charge in [0.15, 0.2) is 0 Å². The summed E-state index contributed by atoms with van der Waals surface area (Å²) in [5, 5.41) is 7.07. The molecular formula is C19H24N4O2. The van der Waals surface area contributed by atoms with Crippen molar-refractivity contribution in [1.82, 2.24) is 20.0 Å². The van der Waals surface area contributed by atoms with Crippen LogP contribution in [0.1, 0.15) is 40.9 Å². The highest BCUT2D eigenvalue weighted by Crippen LogP contribution is 2.22. The zero-order chi connectivity index (χ0) is 18.0. The summed E-state index contributed by atoms with van der Waals surface area (Å²) >= 11 is 0. The number of benzene rings is 1. The predicted molar refractivity (Wildman–Crippen MR) is 95.8 cm³/mol. The van der Waals surface area contributed by atoms with Crippen molar-refractivity contribution in [3.63, 3.8) is 0 Å². The smallest absolute Gasteiger partial charge is 0.258 e. The van der Waals surface area contributed by atoms with Gasteiger partial charge in [-0.05, 0) is 50.8 Å². The molecule has 0 radical (unpaired) electrons. The molecule has 6 heteroatoms. The molecule has 25 heavy (non-hydrogen) atoms. The Bertz CT molecular complexity index is 796. The van der Waals surface area contributed by atoms with Crippen LogP contribution >= 0.6 is 0 Å². The zero-order valence-corrected chi connectivity index (χ0v) is 15.0. The van der Waals surface area contributed by atoms with Crippen molar-refractivity contribution >= 4 is 11.8 Å². The number of rotatable bonds is 3. The molecule has 1 atom stereocenters. The van der Waals surface area contributed by atoms with Crippen LogP contribution in [0.3, 0.4) is 0 Å². The van der Waals surface area contributed by atoms with Crippen molar-refractivity contribution in [3.8, 4) is 5.69 Å². The topological polar surface area (TPSA) is 67.2 Å². The number of likely N-dealkylation sites (N-methyl/N-ethyl adjacent to an activating group) is 1. The molecule has 1 aliphatic heterocycles. The SMILES string of the molecule is CNC(=O)[C@@H]1CCCCN1C(=O)c1cnn(-c2cccc(C)c2)c1C. The molecule has 0 saturated carbocycles. The van der Waals surface area contributed by atoms with E-state index in [1.165, 1.54) is 0 Å². The molecule has 3 rings (SSSR count). The van der Waals surface area contributed by atoms with Crippen LogP contribution in [-0.2, 0) is 4.79 Å². The average molecular weight is 340 g/mol. The third-order valence-corrected chi connectivity index (χ3v) is 4.80. The van der Waals surface area contributed by atoms with Gasteiger partial charge in [-0.1, -0.05) is 12.1 Å². The van der Waals surface area contributed by atoms with E-state index in [0.29, 0.717) is 18.5 Å². The maximum absolute atomic E-state index is 13.1. The van der Waals surface area contributed by atoms with Crippen LogP contribution in [0.15, 0.2) is 30.5 Å². The molecule has 1 N–H and O–H groups in total. The Balaban J connectivity index is 1.91. The van der Waals surface area contributed by atoms with Crippen LogP contribution in [-0.4, -0.2) is 46.1 Å². The number of piperidine rings is 1. The molecule has 1 aromatic heterocycles. The van der Waals surface area contributed by atoms with E-state index in [4.69, 9.17) is 0 Å². The number of amides is 2. The molecule has 1 aromatic carbocycles. The second-order valence-corrected chi connectivity index (χ2v) is 6.52. The number of carbonyl (C=O) groups is 2. The lowest BCUT2D eigenvalue weighted by Crippen LogP contribution is -2.51. The van der Waals surface area contributed by atoms with Crippen molar-refractivity contribution in [2.45, 2.75) is 39.2 Å². The molecule has 2 heterocycles. The summed E-state index contributed by atoms with van der Waals surface area (Å²) < 4.78 is 1.78. The van der Waals surface area contributed by atoms with Gasteiger partial charge >= 0.3 is 0 Å². The van der Waals surface area contributed by atoms with Crippen LogP contribution in [0.5, 0.6) is 0 Å². The van der Waals surface area contributed by atoms with Gasteiger partial charge in [-0.3, -0.25) is 9.59 Å². The van der Waals surface area contributed by atoms with E-state index in [0.717, 1.165) is 29.8 Å². The summed E-state index contributed by atoms with van der Waals surface area (Å²) in [5.74, 6) is -0.221. The standard InChI is InChI=1S/C19H24N4O2/c1-13-7-6-8-15(11-13)23-14(2)16(12-21-23)19(25)22-10-5-4-9-17(22)18(24)20-3/h6-8,11-12,17H,4-5,9-10H2,1-3H3,(H,20,24)/t17-/m0/s1. The summed E-state index contributed by atoms with van der Waals surface area (Å²) in [7, 11) is 1.61. The fraction of sp³-hybridized carbons (Fsp3) is 0.421. The van der Waals surface area contributed by atoms with E-state index in [2.05, 4.69) is 10.4 Å². The van der Waals surface area contributed by atoms with Crippen molar-refractivity contribution in [2.24, 2.45) is 0 Å². The summed E-state index contributed by atoms with van der Waals surface area (Å²) in [6, 6.07) is 7.60. The fourth-order valence-corrected chi connectivity index (χ4v) is 3.41. The maximum atomic E-state index is 13.1. The minimum Gasteiger partial charge on any atom is -0.357 e. The first-order valence-electron chi connectivity index (χ1n) is 8.67. The van der Waals surface area contributed by atoms with E-state index in [9.17, 15) is 9.59 Å². The van der Waals surface area contributed by atoms with Gasteiger partial charge in [-0.15, -0.1) is 0 Å². The molecule has 2 amide bonds. The number of aromatic nitrogens is 2. The lowest BCUT2D eigenvalue weighted by molar-refractivity contribution is -0.126. The Morgan fingerprint density at radius 3 is 2.76 bits per heavy atom. The van der Waals surface area contributed by atoms with E-state index >= 15 is 0 Å². The van der Waals surface area contributed by atoms with Crippen molar-refractivity contribution < 1.29 is 9.59 Å². The van der Waals surface area contributed by atoms with Gasteiger partial charge < -0.3 is 10.2 Å². The minimum atomic E-state index is -0.395. The second kappa shape index (κ2) is 7.09. The molecule has 132 valence electrons. The highest BCUT2D eigenvalue weighted by molar-refractivity contribution is 5.98. The molecule has 0 unspecified atom stereocenters. The van der Waals surface area contributed by atoms with E-state index in [1.54, 1.807) is 22.8 Å². The average Bonchev–Trinajstić information content (AvgIpc) is 3.02. The van der Waals surface area contributed by atoms with Gasteiger partial charge in [0.2, 0.25) is 5.91 Å². The van der Waals surface area contributed by atoms with E-state index in [1.807, 2.05) is 38.1 Å². The molecule has 1 aliphatic rings. The van der Waals surface area contributed by atoms with Gasteiger partial charge in [0.25, 0.3) is 5.91 Å². The molecule has 6 nitrogen and oxygen atoms in total. The zero-order valence-electron chi connectivity index (χ0n) is 15.0. The Hall–Kier alpha value is -2.63. The number of nitrogens with zero attached hydrogens (tertiary/aromatic N) is 3. The summed E-state index contributed by atoms with van der Waals surface area (Å²) in [6.45, 7) is 4.52. The molecule has 1 saturated heterocycles. The Morgan fingerprint density at radius 2 is 2.04 bits per heavy atom. The highest BCUT2D eigenvalue weighted by atomic mass is 16.2. The van der Waals surface area contributed by atoms with Crippen LogP contribution in [0.2, 0.25) is 0 Å². The first kappa shape index (κ1) is 17.2. The Kier molecular flexibility index (Phi) is 4.88. The van der Waals surface area contributed by atoms with Gasteiger partial charge in [0, 0.05) is 13.6 Å². The molecule has 1 fully saturated rings. The van der Waals surface area contributed by atoms with E-state index in [-0.39, 0.29) is 11.8 Å². The lowest BCUT2D eigenvalue weighted by atomic mass is 10.00. The number of carbonyl (C=O) groups excluding carboxylic acids is 2. The Morgan fingerprint density at radius 1 is 1.24 bits per heavy atom.